The van der Waals surface area contributed by atoms with Gasteiger partial charge in [-0.3, -0.25) is 10.2 Å². The number of allylic oxidation sites excluding steroid dienone is 1. The van der Waals surface area contributed by atoms with Crippen molar-refractivity contribution in [3.8, 4) is 0 Å². The normalized spacial score (nSPS) is 18.1. The van der Waals surface area contributed by atoms with Gasteiger partial charge in [-0.15, -0.1) is 5.11 Å². The minimum atomic E-state index is -2.12. The zero-order valence-corrected chi connectivity index (χ0v) is 23.0. The third-order valence-electron chi connectivity index (χ3n) is 5.69. The van der Waals surface area contributed by atoms with Gasteiger partial charge in [0.15, 0.2) is 5.78 Å². The van der Waals surface area contributed by atoms with Crippen molar-refractivity contribution >= 4 is 34.8 Å². The number of anilines is 1. The minimum absolute atomic E-state index is 0.0160. The van der Waals surface area contributed by atoms with Crippen molar-refractivity contribution in [2.24, 2.45) is 15.3 Å². The largest absolute Gasteiger partial charge is 0.461 e. The third-order valence-corrected chi connectivity index (χ3v) is 5.69. The van der Waals surface area contributed by atoms with Gasteiger partial charge in [0, 0.05) is 13.1 Å². The van der Waals surface area contributed by atoms with E-state index in [1.165, 1.54) is 18.2 Å². The summed E-state index contributed by atoms with van der Waals surface area (Å²) >= 11 is 0. The Hall–Kier alpha value is -4.26. The molecule has 212 valence electrons. The van der Waals surface area contributed by atoms with Crippen LogP contribution in [0.5, 0.6) is 0 Å². The van der Waals surface area contributed by atoms with Gasteiger partial charge in [-0.1, -0.05) is 24.3 Å². The summed E-state index contributed by atoms with van der Waals surface area (Å²) in [5, 5.41) is 23.6. The van der Waals surface area contributed by atoms with Gasteiger partial charge in [0.2, 0.25) is 5.72 Å². The maximum absolute atomic E-state index is 12.6. The number of carbonyl (C=O) groups excluding carboxylic acids is 3. The van der Waals surface area contributed by atoms with Gasteiger partial charge in [0.05, 0.1) is 28.9 Å². The first-order chi connectivity index (χ1) is 19.1. The first kappa shape index (κ1) is 30.3. The Morgan fingerprint density at radius 1 is 0.900 bits per heavy atom. The Balaban J connectivity index is 1.82. The Morgan fingerprint density at radius 2 is 1.48 bits per heavy atom. The van der Waals surface area contributed by atoms with Crippen LogP contribution in [-0.4, -0.2) is 98.6 Å². The highest BCUT2D eigenvalue weighted by Gasteiger charge is 2.38. The minimum Gasteiger partial charge on any atom is -0.461 e. The number of ether oxygens (including phenoxy) is 2. The van der Waals surface area contributed by atoms with Gasteiger partial charge in [-0.05, 0) is 64.6 Å². The molecule has 1 aliphatic carbocycles. The van der Waals surface area contributed by atoms with E-state index in [0.29, 0.717) is 18.8 Å². The second-order valence-electron chi connectivity index (χ2n) is 9.54. The Morgan fingerprint density at radius 3 is 2.12 bits per heavy atom. The number of likely N-dealkylation sites (N-methyl/N-ethyl adjacent to an activating group) is 2. The van der Waals surface area contributed by atoms with Crippen molar-refractivity contribution in [2.75, 3.05) is 59.9 Å². The number of carbonyl (C=O) groups is 3. The highest BCUT2D eigenvalue weighted by molar-refractivity contribution is 6.12. The van der Waals surface area contributed by atoms with Crippen LogP contribution in [0, 0.1) is 0 Å². The van der Waals surface area contributed by atoms with Crippen LogP contribution in [0.2, 0.25) is 0 Å². The summed E-state index contributed by atoms with van der Waals surface area (Å²) in [7, 11) is 7.47. The summed E-state index contributed by atoms with van der Waals surface area (Å²) in [4.78, 5) is 41.2. The molecule has 2 N–H and O–H groups in total. The van der Waals surface area contributed by atoms with Crippen LogP contribution < -0.4 is 5.43 Å². The summed E-state index contributed by atoms with van der Waals surface area (Å²) in [5.41, 5.74) is 1.52. The molecule has 0 heterocycles. The molecule has 2 aromatic rings. The average molecular weight is 551 g/mol. The topological polar surface area (TPSA) is 145 Å². The molecular weight excluding hydrogens is 516 g/mol. The first-order valence-corrected chi connectivity index (χ1v) is 12.6. The average Bonchev–Trinajstić information content (AvgIpc) is 2.91. The summed E-state index contributed by atoms with van der Waals surface area (Å²) in [6, 6.07) is 13.0. The van der Waals surface area contributed by atoms with E-state index in [1.54, 1.807) is 42.5 Å². The van der Waals surface area contributed by atoms with Crippen molar-refractivity contribution in [1.29, 1.82) is 0 Å². The standard InChI is InChI=1S/C28H34N6O6/c1-33(2)15-17-39-26(36)21-9-5-7-11-23(21)29-31-25-14-13-20(35)19-28(25,38)32-30-24-12-8-6-10-22(24)27(37)40-18-16-34(3)4/h5-14,29,38H,15-19H2,1-4H3/b31-25+,32-30?. The van der Waals surface area contributed by atoms with Crippen LogP contribution in [0.1, 0.15) is 27.1 Å². The second kappa shape index (κ2) is 14.2. The van der Waals surface area contributed by atoms with Crippen molar-refractivity contribution in [3.05, 3.63) is 71.8 Å². The van der Waals surface area contributed by atoms with Gasteiger partial charge >= 0.3 is 11.9 Å². The number of hydrazone groups is 1. The monoisotopic (exact) mass is 550 g/mol. The molecule has 0 aromatic heterocycles. The number of nitrogens with zero attached hydrogens (tertiary/aromatic N) is 5. The number of nitrogens with one attached hydrogen (secondary N) is 1. The molecule has 0 spiro atoms. The second-order valence-corrected chi connectivity index (χ2v) is 9.54. The lowest BCUT2D eigenvalue weighted by molar-refractivity contribution is -0.117. The van der Waals surface area contributed by atoms with Gasteiger partial charge in [-0.25, -0.2) is 9.59 Å². The van der Waals surface area contributed by atoms with Gasteiger partial charge in [-0.2, -0.15) is 10.2 Å². The number of esters is 2. The maximum Gasteiger partial charge on any atom is 0.340 e. The highest BCUT2D eigenvalue weighted by Crippen LogP contribution is 2.27. The molecular formula is C28H34N6O6. The fourth-order valence-electron chi connectivity index (χ4n) is 3.46. The van der Waals surface area contributed by atoms with Crippen molar-refractivity contribution in [3.63, 3.8) is 0 Å². The van der Waals surface area contributed by atoms with E-state index in [9.17, 15) is 19.5 Å². The zero-order chi connectivity index (χ0) is 29.1. The molecule has 12 nitrogen and oxygen atoms in total. The molecule has 0 bridgehead atoms. The number of hydrogen-bond donors (Lipinski definition) is 2. The smallest absolute Gasteiger partial charge is 0.340 e. The Labute approximate surface area is 233 Å². The van der Waals surface area contributed by atoms with Crippen LogP contribution in [0.3, 0.4) is 0 Å². The van der Waals surface area contributed by atoms with Crippen LogP contribution in [0.4, 0.5) is 11.4 Å². The van der Waals surface area contributed by atoms with Gasteiger partial charge < -0.3 is 24.4 Å². The van der Waals surface area contributed by atoms with Crippen molar-refractivity contribution in [1.82, 2.24) is 9.80 Å². The van der Waals surface area contributed by atoms with Crippen LogP contribution in [-0.2, 0) is 14.3 Å². The van der Waals surface area contributed by atoms with Crippen LogP contribution >= 0.6 is 0 Å². The zero-order valence-electron chi connectivity index (χ0n) is 23.0. The maximum atomic E-state index is 12.6. The van der Waals surface area contributed by atoms with Crippen LogP contribution in [0.25, 0.3) is 0 Å². The van der Waals surface area contributed by atoms with E-state index < -0.39 is 24.1 Å². The van der Waals surface area contributed by atoms with Gasteiger partial charge in [0.1, 0.15) is 18.9 Å². The molecule has 2 aromatic carbocycles. The van der Waals surface area contributed by atoms with E-state index in [0.717, 1.165) is 0 Å². The molecule has 0 aliphatic heterocycles. The predicted octanol–water partition coefficient (Wildman–Crippen LogP) is 2.89. The lowest BCUT2D eigenvalue weighted by Gasteiger charge is -2.24. The van der Waals surface area contributed by atoms with Gasteiger partial charge in [0.25, 0.3) is 0 Å². The number of benzene rings is 2. The number of ketones is 1. The van der Waals surface area contributed by atoms with Crippen LogP contribution in [0.15, 0.2) is 76.0 Å². The lowest BCUT2D eigenvalue weighted by atomic mass is 9.95. The van der Waals surface area contributed by atoms with E-state index in [4.69, 9.17) is 9.47 Å². The summed E-state index contributed by atoms with van der Waals surface area (Å²) in [6.07, 6.45) is 2.16. The summed E-state index contributed by atoms with van der Waals surface area (Å²) in [5.74, 6) is -1.52. The number of hydrogen-bond acceptors (Lipinski definition) is 12. The van der Waals surface area contributed by atoms with Crippen molar-refractivity contribution in [2.45, 2.75) is 12.1 Å². The molecule has 1 atom stereocenters. The lowest BCUT2D eigenvalue weighted by Crippen LogP contribution is -2.40. The van der Waals surface area contributed by atoms with Crippen molar-refractivity contribution < 1.29 is 29.0 Å². The fraction of sp³-hybridized carbons (Fsp3) is 0.357. The van der Waals surface area contributed by atoms with E-state index in [2.05, 4.69) is 20.8 Å². The molecule has 12 heteroatoms. The molecule has 1 unspecified atom stereocenters. The first-order valence-electron chi connectivity index (χ1n) is 12.6. The number of rotatable bonds is 12. The number of aliphatic hydroxyl groups is 1. The Bertz CT molecular complexity index is 1310. The molecule has 40 heavy (non-hydrogen) atoms. The molecule has 0 radical (unpaired) electrons. The molecule has 1 aliphatic rings. The summed E-state index contributed by atoms with van der Waals surface area (Å²) in [6.45, 7) is 1.52. The fourth-order valence-corrected chi connectivity index (χ4v) is 3.46. The molecule has 0 saturated heterocycles. The van der Waals surface area contributed by atoms with E-state index in [-0.39, 0.29) is 41.5 Å². The third kappa shape index (κ3) is 8.63. The quantitative estimate of drug-likeness (QED) is 0.231. The molecule has 0 saturated carbocycles. The molecule has 3 rings (SSSR count). The van der Waals surface area contributed by atoms with E-state index >= 15 is 0 Å². The molecule has 0 fully saturated rings. The SMILES string of the molecule is CN(C)CCOC(=O)c1ccccc1N=NC1(O)CC(=O)C=C/C1=N\Nc1ccccc1C(=O)OCCN(C)C. The predicted molar refractivity (Wildman–Crippen MR) is 150 cm³/mol. The molecule has 0 amide bonds. The summed E-state index contributed by atoms with van der Waals surface area (Å²) < 4.78 is 10.6. The number of para-hydroxylation sites is 1. The van der Waals surface area contributed by atoms with E-state index in [1.807, 2.05) is 38.0 Å². The Kier molecular flexibility index (Phi) is 10.8. The number of azo groups is 1. The highest BCUT2D eigenvalue weighted by atomic mass is 16.5.